The molecule has 0 aromatic rings. The number of carboxylic acids is 2. The van der Waals surface area contributed by atoms with Crippen LogP contribution in [0.3, 0.4) is 0 Å². The molecule has 0 rings (SSSR count). The summed E-state index contributed by atoms with van der Waals surface area (Å²) in [6.07, 6.45) is 0. The minimum Gasteiger partial charge on any atom is -0.473 e. The van der Waals surface area contributed by atoms with Gasteiger partial charge in [-0.25, -0.2) is 9.59 Å². The van der Waals surface area contributed by atoms with Crippen molar-refractivity contribution in [2.45, 2.75) is 0 Å². The summed E-state index contributed by atoms with van der Waals surface area (Å²) in [5, 5.41) is 14.8. The standard InChI is InChI=1S/C2H2O4.ClH.2H2O/c3-1(4)2(5)6;;;/h(H,3,4)(H,5,6);1H;2*1H2. The topological polar surface area (TPSA) is 138 Å². The number of halogens is 1. The van der Waals surface area contributed by atoms with E-state index in [1.165, 1.54) is 0 Å². The van der Waals surface area contributed by atoms with E-state index in [1.54, 1.807) is 0 Å². The first kappa shape index (κ1) is 24.2. The van der Waals surface area contributed by atoms with Gasteiger partial charge in [0, 0.05) is 0 Å². The number of carbonyl (C=O) groups is 2. The molecule has 0 unspecified atom stereocenters. The van der Waals surface area contributed by atoms with E-state index >= 15 is 0 Å². The van der Waals surface area contributed by atoms with E-state index in [9.17, 15) is 0 Å². The maximum absolute atomic E-state index is 9.10. The predicted molar refractivity (Wildman–Crippen MR) is 29.7 cm³/mol. The molecule has 6 N–H and O–H groups in total. The van der Waals surface area contributed by atoms with E-state index in [0.717, 1.165) is 0 Å². The fourth-order valence-electron chi connectivity index (χ4n) is 0. The van der Waals surface area contributed by atoms with Gasteiger partial charge in [-0.2, -0.15) is 0 Å². The second kappa shape index (κ2) is 10.2. The van der Waals surface area contributed by atoms with Crippen LogP contribution in [0.1, 0.15) is 0 Å². The quantitative estimate of drug-likeness (QED) is 0.395. The third-order valence-corrected chi connectivity index (χ3v) is 0.183. The second-order valence-electron chi connectivity index (χ2n) is 0.610. The second-order valence-corrected chi connectivity index (χ2v) is 0.610. The van der Waals surface area contributed by atoms with E-state index in [-0.39, 0.29) is 23.4 Å². The third-order valence-electron chi connectivity index (χ3n) is 0.183. The molecule has 7 heteroatoms. The van der Waals surface area contributed by atoms with Crippen molar-refractivity contribution in [3.05, 3.63) is 0 Å². The molecule has 9 heavy (non-hydrogen) atoms. The molecule has 0 amide bonds. The molecule has 0 aromatic heterocycles. The smallest absolute Gasteiger partial charge is 0.414 e. The Bertz CT molecular complexity index is 77.1. The van der Waals surface area contributed by atoms with E-state index in [4.69, 9.17) is 19.8 Å². The lowest BCUT2D eigenvalue weighted by atomic mass is 10.7. The maximum atomic E-state index is 9.10. The Morgan fingerprint density at radius 1 is 0.889 bits per heavy atom. The Labute approximate surface area is 56.1 Å². The molecule has 0 aliphatic heterocycles. The van der Waals surface area contributed by atoms with Crippen LogP contribution in [0.5, 0.6) is 0 Å². The third kappa shape index (κ3) is 19.1. The van der Waals surface area contributed by atoms with Crippen molar-refractivity contribution in [1.82, 2.24) is 0 Å². The molecule has 0 saturated heterocycles. The molecule has 58 valence electrons. The summed E-state index contributed by atoms with van der Waals surface area (Å²) in [6, 6.07) is 0. The predicted octanol–water partition coefficient (Wildman–Crippen LogP) is -2.07. The average molecular weight is 163 g/mol. The van der Waals surface area contributed by atoms with Gasteiger partial charge in [-0.3, -0.25) is 0 Å². The number of carboxylic acid groups (broad SMARTS) is 2. The van der Waals surface area contributed by atoms with Crippen molar-refractivity contribution in [2.24, 2.45) is 0 Å². The summed E-state index contributed by atoms with van der Waals surface area (Å²) in [5.41, 5.74) is 0. The highest BCUT2D eigenvalue weighted by Crippen LogP contribution is 1.56. The van der Waals surface area contributed by atoms with Gasteiger partial charge >= 0.3 is 11.9 Å². The number of aliphatic carboxylic acids is 2. The molecule has 0 bridgehead atoms. The number of rotatable bonds is 0. The maximum Gasteiger partial charge on any atom is 0.414 e. The van der Waals surface area contributed by atoms with Gasteiger partial charge in [0.05, 0.1) is 0 Å². The number of hydrogen-bond donors (Lipinski definition) is 2. The molecule has 0 radical (unpaired) electrons. The van der Waals surface area contributed by atoms with Crippen molar-refractivity contribution < 1.29 is 30.8 Å². The molecule has 0 aromatic carbocycles. The van der Waals surface area contributed by atoms with Crippen LogP contribution in [0.15, 0.2) is 0 Å². The average Bonchev–Trinajstić information content (AvgIpc) is 1.36. The van der Waals surface area contributed by atoms with E-state index in [0.29, 0.717) is 0 Å². The minimum absolute atomic E-state index is 0. The lowest BCUT2D eigenvalue weighted by molar-refractivity contribution is -0.159. The SMILES string of the molecule is Cl.O.O.O=C(O)C(=O)O. The Kier molecular flexibility index (Phi) is 27.4. The highest BCUT2D eigenvalue weighted by atomic mass is 35.5. The molecule has 0 saturated carbocycles. The Morgan fingerprint density at radius 3 is 1.00 bits per heavy atom. The fraction of sp³-hybridized carbons (Fsp3) is 0. The fourth-order valence-corrected chi connectivity index (χ4v) is 0. The van der Waals surface area contributed by atoms with E-state index in [1.807, 2.05) is 0 Å². The summed E-state index contributed by atoms with van der Waals surface area (Å²) in [5.74, 6) is -3.65. The van der Waals surface area contributed by atoms with Crippen molar-refractivity contribution in [3.63, 3.8) is 0 Å². The summed E-state index contributed by atoms with van der Waals surface area (Å²) in [7, 11) is 0. The highest BCUT2D eigenvalue weighted by molar-refractivity contribution is 6.27. The van der Waals surface area contributed by atoms with Crippen LogP contribution in [0, 0.1) is 0 Å². The molecular formula is C2H7ClO6. The molecular weight excluding hydrogens is 155 g/mol. The molecule has 0 atom stereocenters. The zero-order valence-electron chi connectivity index (χ0n) is 4.12. The molecule has 0 fully saturated rings. The van der Waals surface area contributed by atoms with Crippen molar-refractivity contribution in [2.75, 3.05) is 0 Å². The molecule has 6 nitrogen and oxygen atoms in total. The lowest BCUT2D eigenvalue weighted by Crippen LogP contribution is -2.09. The lowest BCUT2D eigenvalue weighted by Gasteiger charge is -1.72. The van der Waals surface area contributed by atoms with Crippen molar-refractivity contribution in [3.8, 4) is 0 Å². The Hall–Kier alpha value is -0.850. The van der Waals surface area contributed by atoms with Gasteiger partial charge in [-0.1, -0.05) is 0 Å². The number of hydrogen-bond acceptors (Lipinski definition) is 2. The van der Waals surface area contributed by atoms with Gasteiger partial charge in [-0.05, 0) is 0 Å². The van der Waals surface area contributed by atoms with Crippen LogP contribution in [0.2, 0.25) is 0 Å². The molecule has 0 aliphatic carbocycles. The molecule has 0 spiro atoms. The van der Waals surface area contributed by atoms with Gasteiger partial charge in [0.1, 0.15) is 0 Å². The zero-order chi connectivity index (χ0) is 5.15. The zero-order valence-corrected chi connectivity index (χ0v) is 4.94. The molecule has 0 heterocycles. The van der Waals surface area contributed by atoms with Gasteiger partial charge in [-0.15, -0.1) is 12.4 Å². The summed E-state index contributed by atoms with van der Waals surface area (Å²) >= 11 is 0. The first-order valence-electron chi connectivity index (χ1n) is 1.11. The summed E-state index contributed by atoms with van der Waals surface area (Å²) in [6.45, 7) is 0. The monoisotopic (exact) mass is 162 g/mol. The van der Waals surface area contributed by atoms with Gasteiger partial charge in [0.15, 0.2) is 0 Å². The van der Waals surface area contributed by atoms with E-state index in [2.05, 4.69) is 0 Å². The van der Waals surface area contributed by atoms with Crippen LogP contribution >= 0.6 is 12.4 Å². The first-order valence-corrected chi connectivity index (χ1v) is 1.11. The molecule has 0 aliphatic rings. The highest BCUT2D eigenvalue weighted by Gasteiger charge is 2.04. The largest absolute Gasteiger partial charge is 0.473 e. The van der Waals surface area contributed by atoms with Crippen LogP contribution in [0.4, 0.5) is 0 Å². The van der Waals surface area contributed by atoms with E-state index < -0.39 is 11.9 Å². The van der Waals surface area contributed by atoms with Crippen molar-refractivity contribution in [1.29, 1.82) is 0 Å². The minimum atomic E-state index is -1.82. The van der Waals surface area contributed by atoms with Crippen LogP contribution in [0.25, 0.3) is 0 Å². The normalized spacial score (nSPS) is 4.89. The van der Waals surface area contributed by atoms with Crippen molar-refractivity contribution >= 4 is 24.3 Å². The summed E-state index contributed by atoms with van der Waals surface area (Å²) in [4.78, 5) is 18.2. The Balaban J connectivity index is -0.0000000417. The first-order chi connectivity index (χ1) is 2.64. The van der Waals surface area contributed by atoms with Gasteiger partial charge < -0.3 is 21.2 Å². The Morgan fingerprint density at radius 2 is 1.00 bits per heavy atom. The summed E-state index contributed by atoms with van der Waals surface area (Å²) < 4.78 is 0. The van der Waals surface area contributed by atoms with Crippen LogP contribution in [-0.4, -0.2) is 33.1 Å². The van der Waals surface area contributed by atoms with Crippen LogP contribution < -0.4 is 0 Å². The van der Waals surface area contributed by atoms with Gasteiger partial charge in [0.2, 0.25) is 0 Å². The van der Waals surface area contributed by atoms with Gasteiger partial charge in [0.25, 0.3) is 0 Å². The van der Waals surface area contributed by atoms with Crippen LogP contribution in [-0.2, 0) is 9.59 Å².